The van der Waals surface area contributed by atoms with Crippen LogP contribution in [0.3, 0.4) is 0 Å². The minimum Gasteiger partial charge on any atom is -0.462 e. The summed E-state index contributed by atoms with van der Waals surface area (Å²) >= 11 is 0. The van der Waals surface area contributed by atoms with E-state index >= 15 is 0 Å². The number of aromatic nitrogens is 1. The second-order valence-electron chi connectivity index (χ2n) is 4.90. The van der Waals surface area contributed by atoms with Gasteiger partial charge in [-0.3, -0.25) is 4.79 Å². The summed E-state index contributed by atoms with van der Waals surface area (Å²) in [6.45, 7) is 1.95. The van der Waals surface area contributed by atoms with Crippen molar-refractivity contribution in [2.24, 2.45) is 0 Å². The lowest BCUT2D eigenvalue weighted by atomic mass is 10.1. The first kappa shape index (κ1) is 19.0. The number of nitrogens with one attached hydrogen (secondary N) is 1. The first-order valence-electron chi connectivity index (χ1n) is 7.43. The Morgan fingerprint density at radius 2 is 1.85 bits per heavy atom. The van der Waals surface area contributed by atoms with Gasteiger partial charge in [-0.1, -0.05) is 5.92 Å². The molecule has 1 heterocycles. The van der Waals surface area contributed by atoms with Gasteiger partial charge in [0.1, 0.15) is 5.69 Å². The number of hydrogen-bond acceptors (Lipinski definition) is 4. The lowest BCUT2D eigenvalue weighted by Crippen LogP contribution is -2.30. The molecular weight excluding hydrogens is 349 g/mol. The van der Waals surface area contributed by atoms with Crippen LogP contribution in [0.1, 0.15) is 28.5 Å². The number of rotatable bonds is 3. The highest BCUT2D eigenvalue weighted by atomic mass is 19.4. The van der Waals surface area contributed by atoms with Crippen molar-refractivity contribution in [3.8, 4) is 11.8 Å². The van der Waals surface area contributed by atoms with Crippen molar-refractivity contribution >= 4 is 17.6 Å². The van der Waals surface area contributed by atoms with Crippen molar-refractivity contribution < 1.29 is 27.5 Å². The molecule has 1 amide bonds. The Hall–Kier alpha value is -3.34. The van der Waals surface area contributed by atoms with E-state index in [1.807, 2.05) is 0 Å². The van der Waals surface area contributed by atoms with Gasteiger partial charge in [0.05, 0.1) is 17.9 Å². The summed E-state index contributed by atoms with van der Waals surface area (Å²) in [7, 11) is 0. The highest BCUT2D eigenvalue weighted by molar-refractivity contribution is 5.95. The van der Waals surface area contributed by atoms with E-state index in [0.29, 0.717) is 11.1 Å². The van der Waals surface area contributed by atoms with Crippen molar-refractivity contribution in [3.05, 3.63) is 59.4 Å². The van der Waals surface area contributed by atoms with Crippen LogP contribution in [0, 0.1) is 11.8 Å². The monoisotopic (exact) mass is 362 g/mol. The minimum absolute atomic E-state index is 0.0143. The number of amides is 1. The van der Waals surface area contributed by atoms with Crippen LogP contribution in [0.5, 0.6) is 0 Å². The van der Waals surface area contributed by atoms with Gasteiger partial charge in [-0.2, -0.15) is 13.2 Å². The Morgan fingerprint density at radius 1 is 1.15 bits per heavy atom. The molecule has 8 heteroatoms. The molecule has 0 aliphatic heterocycles. The van der Waals surface area contributed by atoms with Crippen LogP contribution in [0.25, 0.3) is 0 Å². The quantitative estimate of drug-likeness (QED) is 0.673. The van der Waals surface area contributed by atoms with E-state index in [0.717, 1.165) is 0 Å². The zero-order chi connectivity index (χ0) is 19.2. The summed E-state index contributed by atoms with van der Waals surface area (Å²) < 4.78 is 42.0. The highest BCUT2D eigenvalue weighted by Gasteiger charge is 2.39. The number of halogens is 3. The van der Waals surface area contributed by atoms with Crippen LogP contribution in [-0.2, 0) is 9.53 Å². The molecule has 1 aromatic carbocycles. The van der Waals surface area contributed by atoms with Crippen LogP contribution < -0.4 is 5.32 Å². The van der Waals surface area contributed by atoms with E-state index in [1.54, 1.807) is 24.4 Å². The molecule has 2 rings (SSSR count). The zero-order valence-electron chi connectivity index (χ0n) is 13.6. The normalized spacial score (nSPS) is 10.5. The molecule has 1 N–H and O–H groups in total. The number of pyridine rings is 1. The number of esters is 1. The number of anilines is 1. The van der Waals surface area contributed by atoms with E-state index in [4.69, 9.17) is 4.74 Å². The maximum Gasteiger partial charge on any atom is 0.471 e. The molecule has 0 spiro atoms. The molecular formula is C18H13F3N2O3. The molecule has 0 fully saturated rings. The predicted octanol–water partition coefficient (Wildman–Crippen LogP) is 3.16. The number of benzene rings is 1. The highest BCUT2D eigenvalue weighted by Crippen LogP contribution is 2.19. The number of ether oxygens (including phenoxy) is 1. The van der Waals surface area contributed by atoms with E-state index in [2.05, 4.69) is 16.8 Å². The predicted molar refractivity (Wildman–Crippen MR) is 87.3 cm³/mol. The summed E-state index contributed by atoms with van der Waals surface area (Å²) in [6.07, 6.45) is -3.67. The Morgan fingerprint density at radius 3 is 2.46 bits per heavy atom. The SMILES string of the molecule is CCOC(=O)c1ccc(C#Cc2ncccc2NC(=O)C(F)(F)F)cc1. The molecule has 0 unspecified atom stereocenters. The van der Waals surface area contributed by atoms with Crippen LogP contribution in [0.15, 0.2) is 42.6 Å². The molecule has 0 saturated carbocycles. The zero-order valence-corrected chi connectivity index (χ0v) is 13.6. The Balaban J connectivity index is 2.20. The lowest BCUT2D eigenvalue weighted by Gasteiger charge is -2.08. The van der Waals surface area contributed by atoms with Gasteiger partial charge in [0.15, 0.2) is 0 Å². The summed E-state index contributed by atoms with van der Waals surface area (Å²) in [5, 5.41) is 1.73. The van der Waals surface area contributed by atoms with Gasteiger partial charge in [-0.25, -0.2) is 9.78 Å². The third-order valence-electron chi connectivity index (χ3n) is 3.03. The molecule has 0 atom stereocenters. The second kappa shape index (κ2) is 8.16. The molecule has 0 aliphatic rings. The molecule has 0 saturated heterocycles. The van der Waals surface area contributed by atoms with E-state index < -0.39 is 18.1 Å². The molecule has 134 valence electrons. The summed E-state index contributed by atoms with van der Waals surface area (Å²) in [4.78, 5) is 26.5. The van der Waals surface area contributed by atoms with Crippen molar-refractivity contribution in [1.29, 1.82) is 0 Å². The minimum atomic E-state index is -5.01. The van der Waals surface area contributed by atoms with E-state index in [-0.39, 0.29) is 18.0 Å². The van der Waals surface area contributed by atoms with Gasteiger partial charge in [-0.05, 0) is 49.2 Å². The average Bonchev–Trinajstić information content (AvgIpc) is 2.61. The van der Waals surface area contributed by atoms with Crippen molar-refractivity contribution in [3.63, 3.8) is 0 Å². The second-order valence-corrected chi connectivity index (χ2v) is 4.90. The molecule has 2 aromatic rings. The maximum atomic E-state index is 12.4. The number of hydrogen-bond donors (Lipinski definition) is 1. The third kappa shape index (κ3) is 5.08. The molecule has 26 heavy (non-hydrogen) atoms. The standard InChI is InChI=1S/C18H13F3N2O3/c1-2-26-16(24)13-8-5-12(6-9-13)7-10-14-15(4-3-11-22-14)23-17(25)18(19,20)21/h3-6,8-9,11H,2H2,1H3,(H,23,25). The Labute approximate surface area is 147 Å². The maximum absolute atomic E-state index is 12.4. The van der Waals surface area contributed by atoms with Gasteiger partial charge < -0.3 is 10.1 Å². The van der Waals surface area contributed by atoms with Crippen LogP contribution in [0.2, 0.25) is 0 Å². The summed E-state index contributed by atoms with van der Waals surface area (Å²) in [6, 6.07) is 8.82. The van der Waals surface area contributed by atoms with Gasteiger partial charge in [0, 0.05) is 11.8 Å². The van der Waals surface area contributed by atoms with Crippen molar-refractivity contribution in [2.45, 2.75) is 13.1 Å². The largest absolute Gasteiger partial charge is 0.471 e. The fourth-order valence-electron chi connectivity index (χ4n) is 1.83. The number of carbonyl (C=O) groups excluding carboxylic acids is 2. The number of carbonyl (C=O) groups is 2. The molecule has 5 nitrogen and oxygen atoms in total. The number of alkyl halides is 3. The fourth-order valence-corrected chi connectivity index (χ4v) is 1.83. The average molecular weight is 362 g/mol. The molecule has 0 bridgehead atoms. The summed E-state index contributed by atoms with van der Waals surface area (Å²) in [5.41, 5.74) is 0.704. The Kier molecular flexibility index (Phi) is 5.96. The van der Waals surface area contributed by atoms with Gasteiger partial charge in [0.2, 0.25) is 0 Å². The molecule has 1 aromatic heterocycles. The Bertz CT molecular complexity index is 866. The van der Waals surface area contributed by atoms with E-state index in [9.17, 15) is 22.8 Å². The first-order chi connectivity index (χ1) is 12.3. The van der Waals surface area contributed by atoms with Crippen LogP contribution in [0.4, 0.5) is 18.9 Å². The van der Waals surface area contributed by atoms with Gasteiger partial charge >= 0.3 is 18.1 Å². The van der Waals surface area contributed by atoms with Gasteiger partial charge in [0.25, 0.3) is 0 Å². The van der Waals surface area contributed by atoms with Gasteiger partial charge in [-0.15, -0.1) is 0 Å². The summed E-state index contributed by atoms with van der Waals surface area (Å²) in [5.74, 6) is 2.75. The van der Waals surface area contributed by atoms with Crippen molar-refractivity contribution in [2.75, 3.05) is 11.9 Å². The topological polar surface area (TPSA) is 68.3 Å². The number of nitrogens with zero attached hydrogens (tertiary/aromatic N) is 1. The first-order valence-corrected chi connectivity index (χ1v) is 7.43. The van der Waals surface area contributed by atoms with Crippen molar-refractivity contribution in [1.82, 2.24) is 4.98 Å². The third-order valence-corrected chi connectivity index (χ3v) is 3.03. The fraction of sp³-hybridized carbons (Fsp3) is 0.167. The van der Waals surface area contributed by atoms with Crippen LogP contribution >= 0.6 is 0 Å². The van der Waals surface area contributed by atoms with Crippen LogP contribution in [-0.4, -0.2) is 29.6 Å². The van der Waals surface area contributed by atoms with E-state index in [1.165, 1.54) is 30.5 Å². The smallest absolute Gasteiger partial charge is 0.462 e. The molecule has 0 radical (unpaired) electrons. The lowest BCUT2D eigenvalue weighted by molar-refractivity contribution is -0.167. The molecule has 0 aliphatic carbocycles.